The topological polar surface area (TPSA) is 30.5 Å². The number of nitrogens with one attached hydrogen (secondary N) is 1. The van der Waals surface area contributed by atoms with Gasteiger partial charge in [-0.25, -0.2) is 0 Å². The van der Waals surface area contributed by atoms with Crippen LogP contribution in [0.4, 0.5) is 0 Å². The van der Waals surface area contributed by atoms with E-state index in [0.717, 1.165) is 24.0 Å². The zero-order chi connectivity index (χ0) is 11.7. The summed E-state index contributed by atoms with van der Waals surface area (Å²) in [6.45, 7) is 3.61. The fraction of sp³-hybridized carbons (Fsp3) is 0.571. The zero-order valence-corrected chi connectivity index (χ0v) is 10.2. The number of benzene rings is 1. The van der Waals surface area contributed by atoms with E-state index in [1.807, 2.05) is 6.07 Å². The van der Waals surface area contributed by atoms with Crippen molar-refractivity contribution in [2.24, 2.45) is 5.92 Å². The van der Waals surface area contributed by atoms with Gasteiger partial charge in [0.1, 0.15) is 0 Å². The molecule has 1 N–H and O–H groups in total. The van der Waals surface area contributed by atoms with E-state index in [2.05, 4.69) is 24.4 Å². The van der Waals surface area contributed by atoms with Crippen molar-refractivity contribution in [1.82, 2.24) is 5.32 Å². The third-order valence-corrected chi connectivity index (χ3v) is 3.73. The predicted molar refractivity (Wildman–Crippen MR) is 66.2 cm³/mol. The second kappa shape index (κ2) is 4.57. The number of fused-ring (bicyclic) bond motifs is 1. The monoisotopic (exact) mass is 233 g/mol. The summed E-state index contributed by atoms with van der Waals surface area (Å²) in [5, 5.41) is 3.62. The number of rotatable bonds is 3. The van der Waals surface area contributed by atoms with Crippen LogP contribution in [0.3, 0.4) is 0 Å². The third kappa shape index (κ3) is 2.39. The van der Waals surface area contributed by atoms with Gasteiger partial charge >= 0.3 is 0 Å². The largest absolute Gasteiger partial charge is 0.454 e. The van der Waals surface area contributed by atoms with Gasteiger partial charge in [0.15, 0.2) is 11.5 Å². The minimum absolute atomic E-state index is 0.354. The second-order valence-electron chi connectivity index (χ2n) is 5.18. The van der Waals surface area contributed by atoms with E-state index >= 15 is 0 Å². The van der Waals surface area contributed by atoms with Gasteiger partial charge in [0, 0.05) is 12.6 Å². The van der Waals surface area contributed by atoms with Gasteiger partial charge in [0.2, 0.25) is 6.79 Å². The van der Waals surface area contributed by atoms with Gasteiger partial charge in [0.25, 0.3) is 0 Å². The molecule has 0 saturated heterocycles. The summed E-state index contributed by atoms with van der Waals surface area (Å²) in [4.78, 5) is 0. The first-order chi connectivity index (χ1) is 8.31. The average molecular weight is 233 g/mol. The number of hydrogen-bond acceptors (Lipinski definition) is 3. The lowest BCUT2D eigenvalue weighted by Gasteiger charge is -2.12. The van der Waals surface area contributed by atoms with Crippen molar-refractivity contribution in [1.29, 1.82) is 0 Å². The molecule has 1 aromatic rings. The highest BCUT2D eigenvalue weighted by molar-refractivity contribution is 5.44. The summed E-state index contributed by atoms with van der Waals surface area (Å²) in [5.74, 6) is 2.62. The van der Waals surface area contributed by atoms with Crippen LogP contribution in [0.1, 0.15) is 31.7 Å². The molecule has 2 atom stereocenters. The average Bonchev–Trinajstić information content (AvgIpc) is 2.94. The Morgan fingerprint density at radius 1 is 1.24 bits per heavy atom. The van der Waals surface area contributed by atoms with Crippen LogP contribution < -0.4 is 14.8 Å². The fourth-order valence-electron chi connectivity index (χ4n) is 2.71. The van der Waals surface area contributed by atoms with E-state index in [1.54, 1.807) is 0 Å². The Kier molecular flexibility index (Phi) is 2.93. The molecule has 2 aliphatic rings. The predicted octanol–water partition coefficient (Wildman–Crippen LogP) is 2.69. The molecular weight excluding hydrogens is 214 g/mol. The first-order valence-corrected chi connectivity index (χ1v) is 6.43. The molecular formula is C14H19NO2. The molecule has 3 nitrogen and oxygen atoms in total. The second-order valence-corrected chi connectivity index (χ2v) is 5.18. The lowest BCUT2D eigenvalue weighted by atomic mass is 10.1. The molecule has 0 unspecified atom stereocenters. The maximum Gasteiger partial charge on any atom is 0.231 e. The van der Waals surface area contributed by atoms with Gasteiger partial charge < -0.3 is 14.8 Å². The summed E-state index contributed by atoms with van der Waals surface area (Å²) >= 11 is 0. The van der Waals surface area contributed by atoms with Gasteiger partial charge in [0.05, 0.1) is 0 Å². The van der Waals surface area contributed by atoms with Crippen molar-refractivity contribution in [2.75, 3.05) is 6.79 Å². The Balaban J connectivity index is 1.58. The SMILES string of the molecule is C[C@@H]1CC[C@@H](NCc2ccc3c(c2)OCO3)C1. The Labute approximate surface area is 102 Å². The molecule has 0 amide bonds. The van der Waals surface area contributed by atoms with Crippen molar-refractivity contribution in [3.8, 4) is 11.5 Å². The molecule has 1 heterocycles. The highest BCUT2D eigenvalue weighted by Crippen LogP contribution is 2.32. The number of hydrogen-bond donors (Lipinski definition) is 1. The Morgan fingerprint density at radius 2 is 2.12 bits per heavy atom. The van der Waals surface area contributed by atoms with E-state index in [4.69, 9.17) is 9.47 Å². The molecule has 1 aliphatic carbocycles. The van der Waals surface area contributed by atoms with Crippen molar-refractivity contribution in [3.63, 3.8) is 0 Å². The molecule has 17 heavy (non-hydrogen) atoms. The summed E-state index contributed by atoms with van der Waals surface area (Å²) in [6.07, 6.45) is 3.98. The van der Waals surface area contributed by atoms with Crippen LogP contribution in [0.2, 0.25) is 0 Å². The zero-order valence-electron chi connectivity index (χ0n) is 10.2. The first-order valence-electron chi connectivity index (χ1n) is 6.43. The van der Waals surface area contributed by atoms with Crippen LogP contribution in [0.25, 0.3) is 0 Å². The van der Waals surface area contributed by atoms with E-state index in [-0.39, 0.29) is 0 Å². The summed E-state index contributed by atoms with van der Waals surface area (Å²) < 4.78 is 10.7. The standard InChI is InChI=1S/C14H19NO2/c1-10-2-4-12(6-10)15-8-11-3-5-13-14(7-11)17-9-16-13/h3,5,7,10,12,15H,2,4,6,8-9H2,1H3/t10-,12-/m1/s1. The first kappa shape index (κ1) is 10.9. The summed E-state index contributed by atoms with van der Waals surface area (Å²) in [6, 6.07) is 6.87. The van der Waals surface area contributed by atoms with Crippen LogP contribution >= 0.6 is 0 Å². The fourth-order valence-corrected chi connectivity index (χ4v) is 2.71. The van der Waals surface area contributed by atoms with Crippen LogP contribution in [-0.4, -0.2) is 12.8 Å². The van der Waals surface area contributed by atoms with Gasteiger partial charge in [-0.15, -0.1) is 0 Å². The lowest BCUT2D eigenvalue weighted by molar-refractivity contribution is 0.174. The smallest absolute Gasteiger partial charge is 0.231 e. The van der Waals surface area contributed by atoms with Gasteiger partial charge in [-0.3, -0.25) is 0 Å². The van der Waals surface area contributed by atoms with E-state index in [1.165, 1.54) is 24.8 Å². The van der Waals surface area contributed by atoms with Crippen LogP contribution in [-0.2, 0) is 6.54 Å². The molecule has 0 spiro atoms. The molecule has 3 rings (SSSR count). The Bertz CT molecular complexity index is 405. The maximum atomic E-state index is 5.38. The maximum absolute atomic E-state index is 5.38. The molecule has 0 radical (unpaired) electrons. The minimum atomic E-state index is 0.354. The third-order valence-electron chi connectivity index (χ3n) is 3.73. The molecule has 92 valence electrons. The normalized spacial score (nSPS) is 26.4. The molecule has 1 saturated carbocycles. The van der Waals surface area contributed by atoms with E-state index < -0.39 is 0 Å². The lowest BCUT2D eigenvalue weighted by Crippen LogP contribution is -2.25. The van der Waals surface area contributed by atoms with Crippen molar-refractivity contribution < 1.29 is 9.47 Å². The Morgan fingerprint density at radius 3 is 2.94 bits per heavy atom. The molecule has 1 aliphatic heterocycles. The van der Waals surface area contributed by atoms with Gasteiger partial charge in [-0.05, 0) is 42.9 Å². The van der Waals surface area contributed by atoms with Gasteiger partial charge in [-0.1, -0.05) is 13.0 Å². The van der Waals surface area contributed by atoms with Gasteiger partial charge in [-0.2, -0.15) is 0 Å². The van der Waals surface area contributed by atoms with Crippen LogP contribution in [0, 0.1) is 5.92 Å². The highest BCUT2D eigenvalue weighted by Gasteiger charge is 2.20. The molecule has 3 heteroatoms. The van der Waals surface area contributed by atoms with E-state index in [0.29, 0.717) is 12.8 Å². The molecule has 1 fully saturated rings. The van der Waals surface area contributed by atoms with Crippen LogP contribution in [0.15, 0.2) is 18.2 Å². The van der Waals surface area contributed by atoms with Crippen molar-refractivity contribution in [2.45, 2.75) is 38.8 Å². The van der Waals surface area contributed by atoms with Crippen molar-refractivity contribution in [3.05, 3.63) is 23.8 Å². The summed E-state index contributed by atoms with van der Waals surface area (Å²) in [7, 11) is 0. The number of ether oxygens (including phenoxy) is 2. The van der Waals surface area contributed by atoms with Crippen LogP contribution in [0.5, 0.6) is 11.5 Å². The molecule has 0 bridgehead atoms. The highest BCUT2D eigenvalue weighted by atomic mass is 16.7. The molecule has 1 aromatic carbocycles. The minimum Gasteiger partial charge on any atom is -0.454 e. The molecule has 0 aromatic heterocycles. The van der Waals surface area contributed by atoms with Crippen molar-refractivity contribution >= 4 is 0 Å². The Hall–Kier alpha value is -1.22. The summed E-state index contributed by atoms with van der Waals surface area (Å²) in [5.41, 5.74) is 1.27. The quantitative estimate of drug-likeness (QED) is 0.870. The van der Waals surface area contributed by atoms with E-state index in [9.17, 15) is 0 Å².